The summed E-state index contributed by atoms with van der Waals surface area (Å²) >= 11 is 1.75. The first kappa shape index (κ1) is 25.1. The first-order valence-electron chi connectivity index (χ1n) is 12.1. The van der Waals surface area contributed by atoms with E-state index >= 15 is 0 Å². The van der Waals surface area contributed by atoms with Crippen LogP contribution in [0.3, 0.4) is 0 Å². The van der Waals surface area contributed by atoms with Crippen LogP contribution >= 0.6 is 11.3 Å². The second kappa shape index (κ2) is 12.1. The summed E-state index contributed by atoms with van der Waals surface area (Å²) in [6.07, 6.45) is 2.34. The third kappa shape index (κ3) is 6.58. The minimum Gasteiger partial charge on any atom is -0.491 e. The van der Waals surface area contributed by atoms with Crippen LogP contribution in [-0.4, -0.2) is 86.1 Å². The number of methoxy groups -OCH3 is 1. The molecule has 1 aromatic heterocycles. The van der Waals surface area contributed by atoms with Crippen LogP contribution in [0.5, 0.6) is 5.75 Å². The van der Waals surface area contributed by atoms with E-state index in [9.17, 15) is 9.90 Å². The summed E-state index contributed by atoms with van der Waals surface area (Å²) < 4.78 is 17.0. The van der Waals surface area contributed by atoms with Crippen LogP contribution in [0.1, 0.15) is 34.9 Å². The highest BCUT2D eigenvalue weighted by molar-refractivity contribution is 7.10. The van der Waals surface area contributed by atoms with E-state index < -0.39 is 6.10 Å². The summed E-state index contributed by atoms with van der Waals surface area (Å²) in [7, 11) is 1.57. The van der Waals surface area contributed by atoms with Crippen molar-refractivity contribution in [2.45, 2.75) is 44.4 Å². The molecule has 1 saturated heterocycles. The Morgan fingerprint density at radius 3 is 2.88 bits per heavy atom. The van der Waals surface area contributed by atoms with Gasteiger partial charge in [-0.3, -0.25) is 9.69 Å². The monoisotopic (exact) mass is 488 g/mol. The maximum absolute atomic E-state index is 13.6. The zero-order valence-electron chi connectivity index (χ0n) is 20.2. The average Bonchev–Trinajstić information content (AvgIpc) is 3.50. The predicted molar refractivity (Wildman–Crippen MR) is 132 cm³/mol. The third-order valence-electron chi connectivity index (χ3n) is 6.52. The number of aryl methyl sites for hydroxylation is 1. The van der Waals surface area contributed by atoms with Gasteiger partial charge in [-0.15, -0.1) is 11.3 Å². The molecule has 0 radical (unpaired) electrons. The molecule has 0 spiro atoms. The molecule has 4 rings (SSSR count). The average molecular weight is 489 g/mol. The molecule has 0 saturated carbocycles. The van der Waals surface area contributed by atoms with Crippen LogP contribution < -0.4 is 4.74 Å². The lowest BCUT2D eigenvalue weighted by Crippen LogP contribution is -2.49. The van der Waals surface area contributed by atoms with Crippen molar-refractivity contribution >= 4 is 17.2 Å². The summed E-state index contributed by atoms with van der Waals surface area (Å²) in [5.74, 6) is 0.861. The second-order valence-corrected chi connectivity index (χ2v) is 10.2. The van der Waals surface area contributed by atoms with Crippen molar-refractivity contribution in [1.82, 2.24) is 9.80 Å². The molecule has 1 fully saturated rings. The highest BCUT2D eigenvalue weighted by Gasteiger charge is 2.33. The molecule has 3 atom stereocenters. The number of rotatable bonds is 11. The first-order chi connectivity index (χ1) is 16.5. The molecule has 0 aliphatic carbocycles. The minimum atomic E-state index is -0.648. The van der Waals surface area contributed by atoms with Crippen molar-refractivity contribution < 1.29 is 24.1 Å². The Morgan fingerprint density at radius 2 is 2.15 bits per heavy atom. The molecule has 7 nitrogen and oxygen atoms in total. The van der Waals surface area contributed by atoms with E-state index in [-0.39, 0.29) is 31.2 Å². The van der Waals surface area contributed by atoms with Gasteiger partial charge in [-0.25, -0.2) is 0 Å². The number of aliphatic hydroxyl groups excluding tert-OH is 1. The molecule has 1 N–H and O–H groups in total. The maximum Gasteiger partial charge on any atom is 0.237 e. The number of carbonyl (C=O) groups excluding carboxylic acids is 1. The Balaban J connectivity index is 1.45. The van der Waals surface area contributed by atoms with Crippen molar-refractivity contribution in [1.29, 1.82) is 0 Å². The number of carbonyl (C=O) groups is 1. The number of benzene rings is 1. The third-order valence-corrected chi connectivity index (χ3v) is 7.51. The van der Waals surface area contributed by atoms with Crippen molar-refractivity contribution in [3.63, 3.8) is 0 Å². The molecular formula is C26H36N2O5S. The topological polar surface area (TPSA) is 71.5 Å². The lowest BCUT2D eigenvalue weighted by Gasteiger charge is -2.37. The molecule has 186 valence electrons. The Morgan fingerprint density at radius 1 is 1.32 bits per heavy atom. The van der Waals surface area contributed by atoms with Crippen LogP contribution in [-0.2, 0) is 20.7 Å². The van der Waals surface area contributed by atoms with E-state index in [0.29, 0.717) is 26.2 Å². The molecule has 0 bridgehead atoms. The Hall–Kier alpha value is -1.97. The van der Waals surface area contributed by atoms with Crippen LogP contribution in [0.4, 0.5) is 0 Å². The van der Waals surface area contributed by atoms with E-state index in [4.69, 9.17) is 14.2 Å². The molecule has 34 heavy (non-hydrogen) atoms. The van der Waals surface area contributed by atoms with Gasteiger partial charge < -0.3 is 24.2 Å². The van der Waals surface area contributed by atoms with Gasteiger partial charge in [0.05, 0.1) is 31.4 Å². The van der Waals surface area contributed by atoms with E-state index in [2.05, 4.69) is 18.4 Å². The fraction of sp³-hybridized carbons (Fsp3) is 0.577. The highest BCUT2D eigenvalue weighted by atomic mass is 32.1. The smallest absolute Gasteiger partial charge is 0.237 e. The number of aliphatic hydroxyl groups is 1. The largest absolute Gasteiger partial charge is 0.491 e. The van der Waals surface area contributed by atoms with E-state index in [1.807, 2.05) is 34.1 Å². The summed E-state index contributed by atoms with van der Waals surface area (Å²) in [5.41, 5.74) is 2.37. The van der Waals surface area contributed by atoms with Gasteiger partial charge in [0.1, 0.15) is 12.4 Å². The summed E-state index contributed by atoms with van der Waals surface area (Å²) in [4.78, 5) is 18.9. The van der Waals surface area contributed by atoms with Crippen LogP contribution in [0.25, 0.3) is 0 Å². The molecule has 1 aromatic carbocycles. The molecule has 2 aliphatic heterocycles. The molecule has 2 aliphatic rings. The van der Waals surface area contributed by atoms with Crippen molar-refractivity contribution in [2.24, 2.45) is 0 Å². The Kier molecular flexibility index (Phi) is 8.97. The molecular weight excluding hydrogens is 452 g/mol. The molecule has 3 heterocycles. The van der Waals surface area contributed by atoms with Gasteiger partial charge >= 0.3 is 0 Å². The van der Waals surface area contributed by atoms with Crippen molar-refractivity contribution in [3.05, 3.63) is 51.7 Å². The maximum atomic E-state index is 13.6. The fourth-order valence-electron chi connectivity index (χ4n) is 4.79. The van der Waals surface area contributed by atoms with Gasteiger partial charge in [0, 0.05) is 38.2 Å². The van der Waals surface area contributed by atoms with E-state index in [1.165, 1.54) is 16.0 Å². The van der Waals surface area contributed by atoms with E-state index in [1.54, 1.807) is 18.4 Å². The quantitative estimate of drug-likeness (QED) is 0.524. The standard InChI is InChI=1S/C26H36N2O5S/c1-19-5-7-21(8-6-19)33-18-24-23-10-13-34-25(23)9-11-28(24)26(30)16-27(14-20(29)17-31-2)15-22-4-3-12-32-22/h5-8,10,13,20,22,24,29H,3-4,9,11-12,14-18H2,1-2H3/t20-,22+,24-/m1/s1. The molecule has 8 heteroatoms. The summed E-state index contributed by atoms with van der Waals surface area (Å²) in [6.45, 7) is 5.38. The number of fused-ring (bicyclic) bond motifs is 1. The molecule has 0 unspecified atom stereocenters. The minimum absolute atomic E-state index is 0.0527. The normalized spacial score (nSPS) is 21.0. The van der Waals surface area contributed by atoms with Gasteiger partial charge in [0.25, 0.3) is 0 Å². The second-order valence-electron chi connectivity index (χ2n) is 9.21. The number of hydrogen-bond donors (Lipinski definition) is 1. The number of hydrogen-bond acceptors (Lipinski definition) is 7. The van der Waals surface area contributed by atoms with Gasteiger partial charge in [-0.05, 0) is 55.3 Å². The van der Waals surface area contributed by atoms with Crippen LogP contribution in [0.15, 0.2) is 35.7 Å². The first-order valence-corrected chi connectivity index (χ1v) is 13.0. The van der Waals surface area contributed by atoms with Crippen molar-refractivity contribution in [3.8, 4) is 5.75 Å². The molecule has 2 aromatic rings. The summed E-state index contributed by atoms with van der Waals surface area (Å²) in [5, 5.41) is 12.4. The van der Waals surface area contributed by atoms with Gasteiger partial charge in [0.15, 0.2) is 0 Å². The fourth-order valence-corrected chi connectivity index (χ4v) is 5.72. The number of thiophene rings is 1. The Bertz CT molecular complexity index is 912. The summed E-state index contributed by atoms with van der Waals surface area (Å²) in [6, 6.07) is 10.00. The molecule has 1 amide bonds. The van der Waals surface area contributed by atoms with E-state index in [0.717, 1.165) is 31.6 Å². The van der Waals surface area contributed by atoms with Crippen molar-refractivity contribution in [2.75, 3.05) is 53.1 Å². The Labute approximate surface area is 206 Å². The van der Waals surface area contributed by atoms with Gasteiger partial charge in [-0.2, -0.15) is 0 Å². The highest BCUT2D eigenvalue weighted by Crippen LogP contribution is 2.34. The SMILES string of the molecule is COC[C@H](O)CN(CC(=O)N1CCc2sccc2[C@H]1COc1ccc(C)cc1)C[C@@H]1CCCO1. The number of ether oxygens (including phenoxy) is 3. The lowest BCUT2D eigenvalue weighted by molar-refractivity contribution is -0.137. The zero-order chi connectivity index (χ0) is 23.9. The predicted octanol–water partition coefficient (Wildman–Crippen LogP) is 3.05. The van der Waals surface area contributed by atoms with Gasteiger partial charge in [0.2, 0.25) is 5.91 Å². The van der Waals surface area contributed by atoms with Gasteiger partial charge in [-0.1, -0.05) is 17.7 Å². The number of amides is 1. The lowest BCUT2D eigenvalue weighted by atomic mass is 10.0. The zero-order valence-corrected chi connectivity index (χ0v) is 21.0. The number of nitrogens with zero attached hydrogens (tertiary/aromatic N) is 2. The van der Waals surface area contributed by atoms with Crippen LogP contribution in [0.2, 0.25) is 0 Å². The van der Waals surface area contributed by atoms with Crippen LogP contribution in [0, 0.1) is 6.92 Å².